The Hall–Kier alpha value is -3.60. The van der Waals surface area contributed by atoms with Gasteiger partial charge in [-0.2, -0.15) is 0 Å². The molecule has 0 spiro atoms. The maximum absolute atomic E-state index is 13.5. The summed E-state index contributed by atoms with van der Waals surface area (Å²) in [6, 6.07) is 28.1. The van der Waals surface area contributed by atoms with Crippen LogP contribution in [0.5, 0.6) is 5.75 Å². The highest BCUT2D eigenvalue weighted by atomic mass is 16.5. The molecule has 5 heteroatoms. The van der Waals surface area contributed by atoms with E-state index in [1.54, 1.807) is 0 Å². The number of hydrogen-bond donors (Lipinski definition) is 1. The first-order chi connectivity index (χ1) is 14.2. The van der Waals surface area contributed by atoms with E-state index < -0.39 is 11.6 Å². The fourth-order valence-electron chi connectivity index (χ4n) is 3.64. The highest BCUT2D eigenvalue weighted by molar-refractivity contribution is 6.07. The molecule has 29 heavy (non-hydrogen) atoms. The predicted octanol–water partition coefficient (Wildman–Crippen LogP) is 3.76. The molecule has 1 aliphatic heterocycles. The van der Waals surface area contributed by atoms with Crippen LogP contribution in [0.4, 0.5) is 4.79 Å². The van der Waals surface area contributed by atoms with Crippen LogP contribution < -0.4 is 10.1 Å². The van der Waals surface area contributed by atoms with E-state index in [9.17, 15) is 9.59 Å². The lowest BCUT2D eigenvalue weighted by molar-refractivity contribution is -0.131. The molecule has 1 saturated heterocycles. The number of carbonyl (C=O) groups is 2. The zero-order chi connectivity index (χ0) is 20.1. The molecular formula is C24H22N2O3. The summed E-state index contributed by atoms with van der Waals surface area (Å²) in [5.74, 6) is 0.451. The van der Waals surface area contributed by atoms with Gasteiger partial charge in [0.1, 0.15) is 12.4 Å². The summed E-state index contributed by atoms with van der Waals surface area (Å²) in [7, 11) is 0. The van der Waals surface area contributed by atoms with E-state index in [1.807, 2.05) is 91.0 Å². The van der Waals surface area contributed by atoms with Gasteiger partial charge in [-0.15, -0.1) is 0 Å². The van der Waals surface area contributed by atoms with Gasteiger partial charge in [-0.3, -0.25) is 9.69 Å². The number of amides is 3. The summed E-state index contributed by atoms with van der Waals surface area (Å²) in [5, 5.41) is 2.96. The molecule has 1 aliphatic rings. The van der Waals surface area contributed by atoms with Gasteiger partial charge in [-0.05, 0) is 23.3 Å². The average Bonchev–Trinajstić information content (AvgIpc) is 3.01. The minimum Gasteiger partial charge on any atom is -0.492 e. The fourth-order valence-corrected chi connectivity index (χ4v) is 3.64. The molecule has 1 N–H and O–H groups in total. The molecule has 4 rings (SSSR count). The van der Waals surface area contributed by atoms with Gasteiger partial charge in [-0.25, -0.2) is 4.79 Å². The summed E-state index contributed by atoms with van der Waals surface area (Å²) < 4.78 is 5.68. The van der Waals surface area contributed by atoms with Crippen LogP contribution in [-0.2, 0) is 16.8 Å². The van der Waals surface area contributed by atoms with Gasteiger partial charge in [0.15, 0.2) is 5.54 Å². The van der Waals surface area contributed by atoms with E-state index in [2.05, 4.69) is 5.32 Å². The number of carbonyl (C=O) groups excluding carboxylic acids is 2. The number of benzene rings is 3. The van der Waals surface area contributed by atoms with Crippen LogP contribution in [0, 0.1) is 0 Å². The van der Waals surface area contributed by atoms with Gasteiger partial charge in [0.25, 0.3) is 5.91 Å². The van der Waals surface area contributed by atoms with Crippen molar-refractivity contribution in [3.8, 4) is 5.75 Å². The van der Waals surface area contributed by atoms with E-state index >= 15 is 0 Å². The Morgan fingerprint density at radius 1 is 0.793 bits per heavy atom. The molecule has 1 atom stereocenters. The summed E-state index contributed by atoms with van der Waals surface area (Å²) in [6.07, 6.45) is 0.387. The maximum atomic E-state index is 13.5. The number of urea groups is 1. The minimum atomic E-state index is -1.12. The monoisotopic (exact) mass is 386 g/mol. The standard InChI is InChI=1S/C24H22N2O3/c27-22-24(20-12-6-2-7-13-20,18-19-10-4-1-5-11-19)25-23(28)26(22)16-17-29-21-14-8-3-9-15-21/h1-15H,16-18H2,(H,25,28). The number of nitrogens with zero attached hydrogens (tertiary/aromatic N) is 1. The summed E-state index contributed by atoms with van der Waals surface area (Å²) in [6.45, 7) is 0.419. The third-order valence-corrected chi connectivity index (χ3v) is 5.08. The van der Waals surface area contributed by atoms with Crippen LogP contribution in [-0.4, -0.2) is 30.0 Å². The lowest BCUT2D eigenvalue weighted by atomic mass is 9.83. The SMILES string of the molecule is O=C1NC(Cc2ccccc2)(c2ccccc2)C(=O)N1CCOc1ccccc1. The van der Waals surface area contributed by atoms with Crippen molar-refractivity contribution in [2.45, 2.75) is 12.0 Å². The molecule has 0 saturated carbocycles. The molecule has 3 aromatic rings. The minimum absolute atomic E-state index is 0.183. The molecule has 0 aromatic heterocycles. The largest absolute Gasteiger partial charge is 0.492 e. The molecule has 1 fully saturated rings. The van der Waals surface area contributed by atoms with Gasteiger partial charge >= 0.3 is 6.03 Å². The second kappa shape index (κ2) is 8.19. The summed E-state index contributed by atoms with van der Waals surface area (Å²) in [4.78, 5) is 27.5. The molecule has 3 aromatic carbocycles. The normalized spacial score (nSPS) is 18.6. The van der Waals surface area contributed by atoms with Gasteiger partial charge in [0, 0.05) is 6.42 Å². The lowest BCUT2D eigenvalue weighted by Gasteiger charge is -2.27. The fraction of sp³-hybridized carbons (Fsp3) is 0.167. The van der Waals surface area contributed by atoms with E-state index in [4.69, 9.17) is 4.74 Å². The molecule has 1 unspecified atom stereocenters. The molecule has 146 valence electrons. The van der Waals surface area contributed by atoms with Gasteiger partial charge in [0.2, 0.25) is 0 Å². The molecule has 0 aliphatic carbocycles. The van der Waals surface area contributed by atoms with Crippen LogP contribution in [0.3, 0.4) is 0 Å². The molecule has 0 radical (unpaired) electrons. The Morgan fingerprint density at radius 2 is 1.38 bits per heavy atom. The average molecular weight is 386 g/mol. The van der Waals surface area contributed by atoms with Gasteiger partial charge < -0.3 is 10.1 Å². The van der Waals surface area contributed by atoms with Crippen molar-refractivity contribution in [1.82, 2.24) is 10.2 Å². The molecule has 0 bridgehead atoms. The van der Waals surface area contributed by atoms with Crippen molar-refractivity contribution in [3.05, 3.63) is 102 Å². The maximum Gasteiger partial charge on any atom is 0.325 e. The predicted molar refractivity (Wildman–Crippen MR) is 110 cm³/mol. The molecular weight excluding hydrogens is 364 g/mol. The van der Waals surface area contributed by atoms with E-state index in [0.717, 1.165) is 11.1 Å². The Bertz CT molecular complexity index is 977. The van der Waals surface area contributed by atoms with E-state index in [0.29, 0.717) is 12.2 Å². The second-order valence-electron chi connectivity index (χ2n) is 6.98. The molecule has 3 amide bonds. The highest BCUT2D eigenvalue weighted by Gasteiger charge is 2.52. The van der Waals surface area contributed by atoms with Crippen molar-refractivity contribution < 1.29 is 14.3 Å². The van der Waals surface area contributed by atoms with Crippen LogP contribution in [0.15, 0.2) is 91.0 Å². The molecule has 1 heterocycles. The summed E-state index contributed by atoms with van der Waals surface area (Å²) >= 11 is 0. The number of nitrogens with one attached hydrogen (secondary N) is 1. The van der Waals surface area contributed by atoms with Gasteiger partial charge in [-0.1, -0.05) is 78.9 Å². The number of imide groups is 1. The van der Waals surface area contributed by atoms with E-state index in [1.165, 1.54) is 4.90 Å². The zero-order valence-electron chi connectivity index (χ0n) is 16.0. The lowest BCUT2D eigenvalue weighted by Crippen LogP contribution is -2.46. The third-order valence-electron chi connectivity index (χ3n) is 5.08. The first kappa shape index (κ1) is 18.7. The van der Waals surface area contributed by atoms with Crippen LogP contribution in [0.25, 0.3) is 0 Å². The Morgan fingerprint density at radius 3 is 2.03 bits per heavy atom. The number of hydrogen-bond acceptors (Lipinski definition) is 3. The second-order valence-corrected chi connectivity index (χ2v) is 6.98. The number of para-hydroxylation sites is 1. The Kier molecular flexibility index (Phi) is 5.29. The van der Waals surface area contributed by atoms with Crippen LogP contribution in [0.2, 0.25) is 0 Å². The number of ether oxygens (including phenoxy) is 1. The third kappa shape index (κ3) is 3.85. The zero-order valence-corrected chi connectivity index (χ0v) is 16.0. The Balaban J connectivity index is 1.57. The van der Waals surface area contributed by atoms with Crippen molar-refractivity contribution >= 4 is 11.9 Å². The van der Waals surface area contributed by atoms with Crippen molar-refractivity contribution in [1.29, 1.82) is 0 Å². The molecule has 5 nitrogen and oxygen atoms in total. The van der Waals surface area contributed by atoms with Crippen molar-refractivity contribution in [2.75, 3.05) is 13.2 Å². The topological polar surface area (TPSA) is 58.6 Å². The first-order valence-corrected chi connectivity index (χ1v) is 9.60. The highest BCUT2D eigenvalue weighted by Crippen LogP contribution is 2.32. The van der Waals surface area contributed by atoms with Crippen LogP contribution in [0.1, 0.15) is 11.1 Å². The Labute approximate surface area is 169 Å². The van der Waals surface area contributed by atoms with Gasteiger partial charge in [0.05, 0.1) is 6.54 Å². The van der Waals surface area contributed by atoms with Crippen molar-refractivity contribution in [3.63, 3.8) is 0 Å². The summed E-state index contributed by atoms with van der Waals surface area (Å²) in [5.41, 5.74) is 0.632. The van der Waals surface area contributed by atoms with E-state index in [-0.39, 0.29) is 19.1 Å². The first-order valence-electron chi connectivity index (χ1n) is 9.60. The van der Waals surface area contributed by atoms with Crippen LogP contribution >= 0.6 is 0 Å². The smallest absolute Gasteiger partial charge is 0.325 e. The van der Waals surface area contributed by atoms with Crippen molar-refractivity contribution in [2.24, 2.45) is 0 Å². The number of rotatable bonds is 7. The quantitative estimate of drug-likeness (QED) is 0.629.